The van der Waals surface area contributed by atoms with Crippen molar-refractivity contribution in [2.75, 3.05) is 0 Å². The molecular weight excluding hydrogens is 331 g/mol. The zero-order valence-electron chi connectivity index (χ0n) is 14.5. The van der Waals surface area contributed by atoms with Crippen molar-refractivity contribution in [1.29, 1.82) is 0 Å². The summed E-state index contributed by atoms with van der Waals surface area (Å²) in [6, 6.07) is 13.3. The second kappa shape index (κ2) is 10.3. The minimum atomic E-state index is 0. The first-order chi connectivity index (χ1) is 9.36. The van der Waals surface area contributed by atoms with E-state index in [2.05, 4.69) is 77.9 Å². The van der Waals surface area contributed by atoms with E-state index in [9.17, 15) is 0 Å². The van der Waals surface area contributed by atoms with Crippen LogP contribution in [0, 0.1) is 25.7 Å². The van der Waals surface area contributed by atoms with Gasteiger partial charge in [-0.25, -0.2) is 23.3 Å². The van der Waals surface area contributed by atoms with E-state index >= 15 is 0 Å². The van der Waals surface area contributed by atoms with Crippen molar-refractivity contribution in [3.05, 3.63) is 58.7 Å². The fourth-order valence-corrected chi connectivity index (χ4v) is 2.45. The molecule has 0 bridgehead atoms. The molecule has 0 aliphatic rings. The van der Waals surface area contributed by atoms with E-state index in [1.165, 1.54) is 35.1 Å². The summed E-state index contributed by atoms with van der Waals surface area (Å²) in [4.78, 5) is 0. The molecule has 0 atom stereocenters. The molecule has 0 fully saturated rings. The van der Waals surface area contributed by atoms with Crippen molar-refractivity contribution in [1.82, 2.24) is 0 Å². The Morgan fingerprint density at radius 2 is 1.10 bits per heavy atom. The Morgan fingerprint density at radius 3 is 1.29 bits per heavy atom. The summed E-state index contributed by atoms with van der Waals surface area (Å²) < 4.78 is 0. The smallest absolute Gasteiger partial charge is 0.211 e. The molecule has 0 nitrogen and oxygen atoms in total. The third-order valence-electron chi connectivity index (χ3n) is 3.23. The molecule has 0 saturated carbocycles. The average molecular weight is 362 g/mol. The summed E-state index contributed by atoms with van der Waals surface area (Å²) in [6.07, 6.45) is 2.43. The maximum Gasteiger partial charge on any atom is 2.00 e. The van der Waals surface area contributed by atoms with E-state index < -0.39 is 0 Å². The summed E-state index contributed by atoms with van der Waals surface area (Å²) in [7, 11) is 0. The van der Waals surface area contributed by atoms with Crippen LogP contribution in [0.1, 0.15) is 49.9 Å². The van der Waals surface area contributed by atoms with Crippen LogP contribution in [0.15, 0.2) is 36.4 Å². The second-order valence-electron chi connectivity index (χ2n) is 6.79. The minimum absolute atomic E-state index is 0. The normalized spacial score (nSPS) is 10.3. The van der Waals surface area contributed by atoms with Crippen LogP contribution in [0.3, 0.4) is 0 Å². The Hall–Kier alpha value is -0.417. The molecule has 1 heteroatoms. The first kappa shape index (κ1) is 20.6. The van der Waals surface area contributed by atoms with Crippen LogP contribution in [0.4, 0.5) is 0 Å². The molecule has 0 aliphatic carbocycles. The van der Waals surface area contributed by atoms with Gasteiger partial charge >= 0.3 is 26.2 Å². The minimum Gasteiger partial charge on any atom is -0.211 e. The first-order valence-electron chi connectivity index (χ1n) is 7.81. The van der Waals surface area contributed by atoms with Crippen molar-refractivity contribution >= 4 is 0 Å². The second-order valence-corrected chi connectivity index (χ2v) is 6.79. The van der Waals surface area contributed by atoms with Gasteiger partial charge in [0.05, 0.1) is 0 Å². The van der Waals surface area contributed by atoms with Gasteiger partial charge in [0.2, 0.25) is 0 Å². The third kappa shape index (κ3) is 9.25. The van der Waals surface area contributed by atoms with E-state index in [-0.39, 0.29) is 26.2 Å². The summed E-state index contributed by atoms with van der Waals surface area (Å²) in [5.74, 6) is 1.56. The zero-order chi connectivity index (χ0) is 15.1. The van der Waals surface area contributed by atoms with Gasteiger partial charge in [0.1, 0.15) is 0 Å². The fraction of sp³-hybridized carbons (Fsp3) is 0.500. The predicted molar refractivity (Wildman–Crippen MR) is 90.6 cm³/mol. The molecule has 21 heavy (non-hydrogen) atoms. The molecule has 0 aromatic heterocycles. The van der Waals surface area contributed by atoms with Crippen LogP contribution in [0.2, 0.25) is 0 Å². The van der Waals surface area contributed by atoms with E-state index in [0.717, 1.165) is 11.8 Å². The van der Waals surface area contributed by atoms with E-state index in [4.69, 9.17) is 0 Å². The van der Waals surface area contributed by atoms with Crippen LogP contribution in [0.5, 0.6) is 0 Å². The monoisotopic (exact) mass is 360 g/mol. The Bertz CT molecular complexity index is 439. The molecule has 0 radical (unpaired) electrons. The number of rotatable bonds is 4. The van der Waals surface area contributed by atoms with E-state index in [1.54, 1.807) is 0 Å². The van der Waals surface area contributed by atoms with Crippen molar-refractivity contribution < 1.29 is 26.2 Å². The van der Waals surface area contributed by atoms with Gasteiger partial charge in [0.25, 0.3) is 0 Å². The van der Waals surface area contributed by atoms with Gasteiger partial charge in [-0.2, -0.15) is 35.4 Å². The Labute approximate surface area is 150 Å². The quantitative estimate of drug-likeness (QED) is 0.602. The number of hydrogen-bond acceptors (Lipinski definition) is 0. The van der Waals surface area contributed by atoms with Crippen LogP contribution < -0.4 is 0 Å². The average Bonchev–Trinajstić information content (AvgIpc) is 2.87. The maximum absolute atomic E-state index is 2.26. The van der Waals surface area contributed by atoms with Crippen LogP contribution >= 0.6 is 0 Å². The fourth-order valence-electron chi connectivity index (χ4n) is 2.45. The summed E-state index contributed by atoms with van der Waals surface area (Å²) in [5, 5.41) is 0. The molecular formula is C20H30Zr. The molecule has 0 heterocycles. The molecule has 0 saturated heterocycles. The summed E-state index contributed by atoms with van der Waals surface area (Å²) >= 11 is 0. The Morgan fingerprint density at radius 1 is 0.762 bits per heavy atom. The van der Waals surface area contributed by atoms with Crippen molar-refractivity contribution in [3.63, 3.8) is 0 Å². The van der Waals surface area contributed by atoms with Gasteiger partial charge in [-0.05, 0) is 0 Å². The topological polar surface area (TPSA) is 0 Å². The molecule has 0 amide bonds. The van der Waals surface area contributed by atoms with Gasteiger partial charge in [-0.1, -0.05) is 66.2 Å². The van der Waals surface area contributed by atoms with Gasteiger partial charge in [-0.15, -0.1) is 0 Å². The van der Waals surface area contributed by atoms with Gasteiger partial charge in [0, 0.05) is 0 Å². The molecule has 0 spiro atoms. The van der Waals surface area contributed by atoms with Gasteiger partial charge < -0.3 is 0 Å². The summed E-state index contributed by atoms with van der Waals surface area (Å²) in [6.45, 7) is 13.3. The largest absolute Gasteiger partial charge is 2.00 e. The zero-order valence-corrected chi connectivity index (χ0v) is 17.0. The van der Waals surface area contributed by atoms with Crippen LogP contribution in [-0.4, -0.2) is 0 Å². The van der Waals surface area contributed by atoms with E-state index in [0.29, 0.717) is 0 Å². The SMILES string of the molecule is Cc1cc[c-](CC(C)C)c1.Cc1cc[c-](CC(C)C)c1.[Zr+2]. The van der Waals surface area contributed by atoms with Crippen LogP contribution in [-0.2, 0) is 39.0 Å². The predicted octanol–water partition coefficient (Wildman–Crippen LogP) is 5.82. The molecule has 0 unspecified atom stereocenters. The Balaban J connectivity index is 0.000000364. The first-order valence-corrected chi connectivity index (χ1v) is 7.81. The Kier molecular flexibility index (Phi) is 10.1. The number of aryl methyl sites for hydroxylation is 2. The van der Waals surface area contributed by atoms with Gasteiger partial charge in [-0.3, -0.25) is 0 Å². The molecule has 2 aromatic rings. The molecule has 114 valence electrons. The summed E-state index contributed by atoms with van der Waals surface area (Å²) in [5.41, 5.74) is 5.73. The van der Waals surface area contributed by atoms with Crippen molar-refractivity contribution in [3.8, 4) is 0 Å². The molecule has 0 aliphatic heterocycles. The number of hydrogen-bond donors (Lipinski definition) is 0. The van der Waals surface area contributed by atoms with Crippen LogP contribution in [0.25, 0.3) is 0 Å². The third-order valence-corrected chi connectivity index (χ3v) is 3.23. The van der Waals surface area contributed by atoms with Crippen molar-refractivity contribution in [2.45, 2.75) is 54.4 Å². The maximum atomic E-state index is 2.26. The molecule has 0 N–H and O–H groups in total. The molecule has 2 rings (SSSR count). The standard InChI is InChI=1S/2C10H15.Zr/c2*1-8(2)6-10-5-4-9(3)7-10;/h2*4-5,7-8H,6H2,1-3H3;/q2*-1;+2. The molecule has 2 aromatic carbocycles. The van der Waals surface area contributed by atoms with Crippen molar-refractivity contribution in [2.24, 2.45) is 11.8 Å². The van der Waals surface area contributed by atoms with Gasteiger partial charge in [0.15, 0.2) is 0 Å². The van der Waals surface area contributed by atoms with E-state index in [1.807, 2.05) is 0 Å².